The standard InChI is InChI=1S/C18H28N2O2/c1-2-5-15(6-3-1)11-14-21-17-7-4-8-18(20-17)22-16-9-12-19-13-10-16/h4,7-8,15-16,19H,1-3,5-6,9-14H2. The van der Waals surface area contributed by atoms with Gasteiger partial charge in [-0.1, -0.05) is 38.2 Å². The molecule has 22 heavy (non-hydrogen) atoms. The molecule has 1 N–H and O–H groups in total. The van der Waals surface area contributed by atoms with Gasteiger partial charge < -0.3 is 14.8 Å². The Kier molecular flexibility index (Phi) is 5.94. The van der Waals surface area contributed by atoms with Gasteiger partial charge in [-0.15, -0.1) is 0 Å². The number of piperidine rings is 1. The van der Waals surface area contributed by atoms with Gasteiger partial charge in [0, 0.05) is 12.1 Å². The van der Waals surface area contributed by atoms with Gasteiger partial charge in [0.15, 0.2) is 0 Å². The van der Waals surface area contributed by atoms with Gasteiger partial charge in [0.2, 0.25) is 11.8 Å². The Labute approximate surface area is 133 Å². The van der Waals surface area contributed by atoms with Crippen LogP contribution in [0.4, 0.5) is 0 Å². The topological polar surface area (TPSA) is 43.4 Å². The van der Waals surface area contributed by atoms with Crippen LogP contribution in [0.1, 0.15) is 51.4 Å². The summed E-state index contributed by atoms with van der Waals surface area (Å²) in [6, 6.07) is 5.82. The maximum absolute atomic E-state index is 5.96. The molecule has 1 aliphatic heterocycles. The first-order valence-electron chi connectivity index (χ1n) is 8.87. The molecule has 0 bridgehead atoms. The third kappa shape index (κ3) is 4.87. The number of nitrogens with zero attached hydrogens (tertiary/aromatic N) is 1. The van der Waals surface area contributed by atoms with Gasteiger partial charge in [0.05, 0.1) is 6.61 Å². The summed E-state index contributed by atoms with van der Waals surface area (Å²) in [5.74, 6) is 2.24. The molecule has 122 valence electrons. The van der Waals surface area contributed by atoms with Crippen molar-refractivity contribution in [3.8, 4) is 11.8 Å². The minimum atomic E-state index is 0.284. The van der Waals surface area contributed by atoms with E-state index in [4.69, 9.17) is 9.47 Å². The summed E-state index contributed by atoms with van der Waals surface area (Å²) in [4.78, 5) is 4.48. The summed E-state index contributed by atoms with van der Waals surface area (Å²) < 4.78 is 11.8. The van der Waals surface area contributed by atoms with E-state index in [1.165, 1.54) is 32.1 Å². The summed E-state index contributed by atoms with van der Waals surface area (Å²) in [6.45, 7) is 2.83. The Hall–Kier alpha value is -1.29. The van der Waals surface area contributed by atoms with E-state index in [9.17, 15) is 0 Å². The van der Waals surface area contributed by atoms with Gasteiger partial charge in [0.1, 0.15) is 6.10 Å². The van der Waals surface area contributed by atoms with Gasteiger partial charge >= 0.3 is 0 Å². The third-order valence-corrected chi connectivity index (χ3v) is 4.77. The fourth-order valence-electron chi connectivity index (χ4n) is 3.43. The maximum Gasteiger partial charge on any atom is 0.216 e. The minimum Gasteiger partial charge on any atom is -0.478 e. The first kappa shape index (κ1) is 15.6. The molecule has 0 amide bonds. The quantitative estimate of drug-likeness (QED) is 0.872. The van der Waals surface area contributed by atoms with Crippen molar-refractivity contribution >= 4 is 0 Å². The molecule has 0 atom stereocenters. The van der Waals surface area contributed by atoms with Crippen molar-refractivity contribution in [1.82, 2.24) is 10.3 Å². The number of ether oxygens (including phenoxy) is 2. The number of aromatic nitrogens is 1. The molecule has 2 fully saturated rings. The second-order valence-corrected chi connectivity index (χ2v) is 6.52. The van der Waals surface area contributed by atoms with Gasteiger partial charge in [-0.2, -0.15) is 4.98 Å². The molecule has 0 unspecified atom stereocenters. The molecule has 1 aliphatic carbocycles. The summed E-state index contributed by atoms with van der Waals surface area (Å²) >= 11 is 0. The normalized spacial score (nSPS) is 20.7. The maximum atomic E-state index is 5.96. The second kappa shape index (κ2) is 8.37. The summed E-state index contributed by atoms with van der Waals surface area (Å²) in [6.07, 6.45) is 10.5. The van der Waals surface area contributed by atoms with Crippen molar-refractivity contribution in [2.24, 2.45) is 5.92 Å². The lowest BCUT2D eigenvalue weighted by Crippen LogP contribution is -2.34. The molecule has 1 aromatic rings. The molecule has 1 aromatic heterocycles. The SMILES string of the molecule is c1cc(OCCC2CCCCC2)nc(OC2CCNCC2)c1. The molecular weight excluding hydrogens is 276 g/mol. The van der Waals surface area contributed by atoms with Crippen molar-refractivity contribution in [1.29, 1.82) is 0 Å². The highest BCUT2D eigenvalue weighted by Gasteiger charge is 2.16. The van der Waals surface area contributed by atoms with Gasteiger partial charge in [-0.3, -0.25) is 0 Å². The predicted molar refractivity (Wildman–Crippen MR) is 87.4 cm³/mol. The average molecular weight is 304 g/mol. The number of nitrogens with one attached hydrogen (secondary N) is 1. The van der Waals surface area contributed by atoms with E-state index in [1.54, 1.807) is 0 Å². The zero-order chi connectivity index (χ0) is 15.0. The van der Waals surface area contributed by atoms with Crippen LogP contribution in [0.25, 0.3) is 0 Å². The Balaban J connectivity index is 1.43. The average Bonchev–Trinajstić information content (AvgIpc) is 2.57. The van der Waals surface area contributed by atoms with E-state index in [1.807, 2.05) is 18.2 Å². The first-order chi connectivity index (χ1) is 10.9. The molecule has 1 saturated heterocycles. The van der Waals surface area contributed by atoms with Crippen molar-refractivity contribution in [2.75, 3.05) is 19.7 Å². The number of hydrogen-bond acceptors (Lipinski definition) is 4. The first-order valence-corrected chi connectivity index (χ1v) is 8.87. The molecule has 3 rings (SSSR count). The highest BCUT2D eigenvalue weighted by molar-refractivity contribution is 5.20. The van der Waals surface area contributed by atoms with E-state index in [0.717, 1.165) is 44.9 Å². The molecule has 0 aromatic carbocycles. The molecule has 2 heterocycles. The van der Waals surface area contributed by atoms with Crippen molar-refractivity contribution in [3.63, 3.8) is 0 Å². The minimum absolute atomic E-state index is 0.284. The van der Waals surface area contributed by atoms with Crippen LogP contribution in [0.5, 0.6) is 11.8 Å². The van der Waals surface area contributed by atoms with Gasteiger partial charge in [0.25, 0.3) is 0 Å². The van der Waals surface area contributed by atoms with Crippen molar-refractivity contribution in [3.05, 3.63) is 18.2 Å². The number of hydrogen-bond donors (Lipinski definition) is 1. The highest BCUT2D eigenvalue weighted by Crippen LogP contribution is 2.26. The summed E-state index contributed by atoms with van der Waals surface area (Å²) in [5.41, 5.74) is 0. The monoisotopic (exact) mass is 304 g/mol. The lowest BCUT2D eigenvalue weighted by molar-refractivity contribution is 0.153. The molecular formula is C18H28N2O2. The molecule has 0 spiro atoms. The van der Waals surface area contributed by atoms with E-state index < -0.39 is 0 Å². The van der Waals surface area contributed by atoms with E-state index >= 15 is 0 Å². The molecule has 4 heteroatoms. The Morgan fingerprint density at radius 3 is 2.59 bits per heavy atom. The number of pyridine rings is 1. The highest BCUT2D eigenvalue weighted by atomic mass is 16.5. The molecule has 4 nitrogen and oxygen atoms in total. The van der Waals surface area contributed by atoms with Crippen LogP contribution in [0, 0.1) is 5.92 Å². The van der Waals surface area contributed by atoms with Crippen LogP contribution in [-0.4, -0.2) is 30.8 Å². The fourth-order valence-corrected chi connectivity index (χ4v) is 3.43. The number of rotatable bonds is 6. The second-order valence-electron chi connectivity index (χ2n) is 6.52. The van der Waals surface area contributed by atoms with Crippen LogP contribution in [0.3, 0.4) is 0 Å². The largest absolute Gasteiger partial charge is 0.478 e. The van der Waals surface area contributed by atoms with E-state index in [2.05, 4.69) is 10.3 Å². The Morgan fingerprint density at radius 1 is 1.00 bits per heavy atom. The van der Waals surface area contributed by atoms with Crippen LogP contribution in [-0.2, 0) is 0 Å². The van der Waals surface area contributed by atoms with E-state index in [-0.39, 0.29) is 6.10 Å². The van der Waals surface area contributed by atoms with E-state index in [0.29, 0.717) is 11.8 Å². The smallest absolute Gasteiger partial charge is 0.216 e. The predicted octanol–water partition coefficient (Wildman–Crippen LogP) is 3.56. The zero-order valence-corrected chi connectivity index (χ0v) is 13.4. The van der Waals surface area contributed by atoms with Crippen LogP contribution in [0.2, 0.25) is 0 Å². The van der Waals surface area contributed by atoms with Crippen LogP contribution in [0.15, 0.2) is 18.2 Å². The van der Waals surface area contributed by atoms with Crippen molar-refractivity contribution in [2.45, 2.75) is 57.5 Å². The lowest BCUT2D eigenvalue weighted by Gasteiger charge is -2.23. The molecule has 0 radical (unpaired) electrons. The fraction of sp³-hybridized carbons (Fsp3) is 0.722. The van der Waals surface area contributed by atoms with Crippen molar-refractivity contribution < 1.29 is 9.47 Å². The lowest BCUT2D eigenvalue weighted by atomic mass is 9.87. The zero-order valence-electron chi connectivity index (χ0n) is 13.4. The van der Waals surface area contributed by atoms with Gasteiger partial charge in [-0.05, 0) is 38.3 Å². The van der Waals surface area contributed by atoms with Gasteiger partial charge in [-0.25, -0.2) is 0 Å². The summed E-state index contributed by atoms with van der Waals surface area (Å²) in [5, 5.41) is 3.35. The Morgan fingerprint density at radius 2 is 1.77 bits per heavy atom. The third-order valence-electron chi connectivity index (χ3n) is 4.77. The summed E-state index contributed by atoms with van der Waals surface area (Å²) in [7, 11) is 0. The van der Waals surface area contributed by atoms with Crippen LogP contribution < -0.4 is 14.8 Å². The Bertz CT molecular complexity index is 440. The van der Waals surface area contributed by atoms with Crippen LogP contribution >= 0.6 is 0 Å². The molecule has 2 aliphatic rings. The molecule has 1 saturated carbocycles.